The van der Waals surface area contributed by atoms with E-state index in [0.717, 1.165) is 18.4 Å². The molecule has 2 atom stereocenters. The molecule has 2 amide bonds. The molecule has 5 nitrogen and oxygen atoms in total. The van der Waals surface area contributed by atoms with Crippen molar-refractivity contribution >= 4 is 6.03 Å². The van der Waals surface area contributed by atoms with Crippen molar-refractivity contribution in [2.75, 3.05) is 6.54 Å². The van der Waals surface area contributed by atoms with Gasteiger partial charge in [-0.25, -0.2) is 4.79 Å². The lowest BCUT2D eigenvalue weighted by Crippen LogP contribution is -2.43. The van der Waals surface area contributed by atoms with Gasteiger partial charge in [0.25, 0.3) is 0 Å². The largest absolute Gasteiger partial charge is 0.467 e. The number of rotatable bonds is 6. The van der Waals surface area contributed by atoms with Gasteiger partial charge in [-0.05, 0) is 36.5 Å². The minimum atomic E-state index is -0.838. The lowest BCUT2D eigenvalue weighted by atomic mass is 9.77. The monoisotopic (exact) mass is 314 g/mol. The van der Waals surface area contributed by atoms with Gasteiger partial charge in [0.1, 0.15) is 11.9 Å². The number of nitrogens with one attached hydrogen (secondary N) is 2. The van der Waals surface area contributed by atoms with E-state index in [-0.39, 0.29) is 18.6 Å². The standard InChI is InChI=1S/C18H22N2O3/c21-15(16-10-5-11-23-16)12-19-18(22)20-17(14-8-4-9-14)13-6-2-1-3-7-13/h1-3,5-7,10-11,14-15,17,21H,4,8-9,12H2,(H2,19,20,22). The van der Waals surface area contributed by atoms with Crippen LogP contribution in [0.3, 0.4) is 0 Å². The van der Waals surface area contributed by atoms with Crippen molar-refractivity contribution in [2.45, 2.75) is 31.4 Å². The Hall–Kier alpha value is -2.27. The summed E-state index contributed by atoms with van der Waals surface area (Å²) in [5, 5.41) is 15.7. The second-order valence-corrected chi connectivity index (χ2v) is 5.96. The van der Waals surface area contributed by atoms with E-state index < -0.39 is 6.10 Å². The average Bonchev–Trinajstić information content (AvgIpc) is 3.05. The highest BCUT2D eigenvalue weighted by molar-refractivity contribution is 5.74. The zero-order valence-electron chi connectivity index (χ0n) is 12.9. The van der Waals surface area contributed by atoms with E-state index in [1.807, 2.05) is 30.3 Å². The summed E-state index contributed by atoms with van der Waals surface area (Å²) in [7, 11) is 0. The Kier molecular flexibility index (Phi) is 4.98. The summed E-state index contributed by atoms with van der Waals surface area (Å²) in [4.78, 5) is 12.2. The van der Waals surface area contributed by atoms with Gasteiger partial charge in [0.05, 0.1) is 18.8 Å². The van der Waals surface area contributed by atoms with Gasteiger partial charge in [-0.3, -0.25) is 0 Å². The molecule has 23 heavy (non-hydrogen) atoms. The molecule has 0 aliphatic heterocycles. The third kappa shape index (κ3) is 3.93. The molecule has 0 spiro atoms. The van der Waals surface area contributed by atoms with Gasteiger partial charge in [0, 0.05) is 0 Å². The van der Waals surface area contributed by atoms with E-state index in [9.17, 15) is 9.90 Å². The van der Waals surface area contributed by atoms with Crippen LogP contribution >= 0.6 is 0 Å². The Morgan fingerprint density at radius 3 is 2.61 bits per heavy atom. The van der Waals surface area contributed by atoms with Gasteiger partial charge in [0.15, 0.2) is 0 Å². The number of hydrogen-bond donors (Lipinski definition) is 3. The summed E-state index contributed by atoms with van der Waals surface area (Å²) >= 11 is 0. The lowest BCUT2D eigenvalue weighted by molar-refractivity contribution is 0.146. The van der Waals surface area contributed by atoms with Crippen molar-refractivity contribution in [3.05, 3.63) is 60.1 Å². The number of hydrogen-bond acceptors (Lipinski definition) is 3. The summed E-state index contributed by atoms with van der Waals surface area (Å²) in [6.45, 7) is 0.117. The Bertz CT molecular complexity index is 608. The number of amides is 2. The molecule has 3 N–H and O–H groups in total. The topological polar surface area (TPSA) is 74.5 Å². The molecular weight excluding hydrogens is 292 g/mol. The van der Waals surface area contributed by atoms with E-state index in [1.165, 1.54) is 12.7 Å². The van der Waals surface area contributed by atoms with Gasteiger partial charge in [-0.15, -0.1) is 0 Å². The molecule has 1 aromatic heterocycles. The Morgan fingerprint density at radius 2 is 2.00 bits per heavy atom. The van der Waals surface area contributed by atoms with E-state index in [1.54, 1.807) is 12.1 Å². The summed E-state index contributed by atoms with van der Waals surface area (Å²) in [5.74, 6) is 0.932. The summed E-state index contributed by atoms with van der Waals surface area (Å²) in [6.07, 6.45) is 4.15. The number of aliphatic hydroxyl groups is 1. The molecule has 1 saturated carbocycles. The van der Waals surface area contributed by atoms with E-state index in [4.69, 9.17) is 4.42 Å². The van der Waals surface area contributed by atoms with Crippen LogP contribution in [-0.2, 0) is 0 Å². The third-order valence-corrected chi connectivity index (χ3v) is 4.39. The molecule has 1 aromatic carbocycles. The molecule has 122 valence electrons. The Balaban J connectivity index is 1.56. The van der Waals surface area contributed by atoms with Crippen LogP contribution in [-0.4, -0.2) is 17.7 Å². The van der Waals surface area contributed by atoms with Crippen LogP contribution in [0.2, 0.25) is 0 Å². The maximum atomic E-state index is 12.2. The van der Waals surface area contributed by atoms with Crippen molar-refractivity contribution in [3.8, 4) is 0 Å². The zero-order chi connectivity index (χ0) is 16.1. The molecule has 1 fully saturated rings. The van der Waals surface area contributed by atoms with Crippen molar-refractivity contribution in [2.24, 2.45) is 5.92 Å². The van der Waals surface area contributed by atoms with Crippen LogP contribution < -0.4 is 10.6 Å². The van der Waals surface area contributed by atoms with E-state index in [0.29, 0.717) is 11.7 Å². The first kappa shape index (κ1) is 15.6. The van der Waals surface area contributed by atoms with Crippen LogP contribution in [0.5, 0.6) is 0 Å². The molecule has 2 aromatic rings. The summed E-state index contributed by atoms with van der Waals surface area (Å²) < 4.78 is 5.12. The number of benzene rings is 1. The Labute approximate surface area is 135 Å². The average molecular weight is 314 g/mol. The molecule has 1 aliphatic carbocycles. The molecule has 3 rings (SSSR count). The van der Waals surface area contributed by atoms with Crippen LogP contribution in [0.25, 0.3) is 0 Å². The predicted octanol–water partition coefficient (Wildman–Crippen LogP) is 3.15. The van der Waals surface area contributed by atoms with Crippen molar-refractivity contribution in [1.82, 2.24) is 10.6 Å². The minimum absolute atomic E-state index is 0.0192. The number of carbonyl (C=O) groups excluding carboxylic acids is 1. The zero-order valence-corrected chi connectivity index (χ0v) is 12.9. The van der Waals surface area contributed by atoms with Crippen LogP contribution in [0.15, 0.2) is 53.1 Å². The smallest absolute Gasteiger partial charge is 0.315 e. The third-order valence-electron chi connectivity index (χ3n) is 4.39. The van der Waals surface area contributed by atoms with E-state index in [2.05, 4.69) is 10.6 Å². The molecular formula is C18H22N2O3. The number of aliphatic hydroxyl groups excluding tert-OH is 1. The molecule has 0 radical (unpaired) electrons. The lowest BCUT2D eigenvalue weighted by Gasteiger charge is -2.34. The predicted molar refractivity (Wildman–Crippen MR) is 86.7 cm³/mol. The second-order valence-electron chi connectivity index (χ2n) is 5.96. The van der Waals surface area contributed by atoms with Crippen LogP contribution in [0.4, 0.5) is 4.79 Å². The SMILES string of the molecule is O=C(NCC(O)c1ccco1)NC(c1ccccc1)C1CCC1. The number of urea groups is 1. The highest BCUT2D eigenvalue weighted by Crippen LogP contribution is 2.37. The fourth-order valence-corrected chi connectivity index (χ4v) is 2.87. The maximum Gasteiger partial charge on any atom is 0.315 e. The fourth-order valence-electron chi connectivity index (χ4n) is 2.87. The van der Waals surface area contributed by atoms with Crippen molar-refractivity contribution in [1.29, 1.82) is 0 Å². The maximum absolute atomic E-state index is 12.2. The van der Waals surface area contributed by atoms with Gasteiger partial charge in [-0.1, -0.05) is 36.8 Å². The van der Waals surface area contributed by atoms with Crippen molar-refractivity contribution < 1.29 is 14.3 Å². The van der Waals surface area contributed by atoms with E-state index >= 15 is 0 Å². The van der Waals surface area contributed by atoms with Crippen molar-refractivity contribution in [3.63, 3.8) is 0 Å². The molecule has 0 bridgehead atoms. The number of furan rings is 1. The first-order valence-electron chi connectivity index (χ1n) is 8.05. The summed E-state index contributed by atoms with van der Waals surface area (Å²) in [6, 6.07) is 13.2. The second kappa shape index (κ2) is 7.33. The van der Waals surface area contributed by atoms with Crippen LogP contribution in [0, 0.1) is 5.92 Å². The molecule has 1 aliphatic rings. The van der Waals surface area contributed by atoms with Crippen LogP contribution in [0.1, 0.15) is 42.7 Å². The van der Waals surface area contributed by atoms with Gasteiger partial charge in [0.2, 0.25) is 0 Å². The van der Waals surface area contributed by atoms with Gasteiger partial charge < -0.3 is 20.2 Å². The summed E-state index contributed by atoms with van der Waals surface area (Å²) in [5.41, 5.74) is 1.12. The highest BCUT2D eigenvalue weighted by Gasteiger charge is 2.29. The molecule has 1 heterocycles. The quantitative estimate of drug-likeness (QED) is 0.767. The highest BCUT2D eigenvalue weighted by atomic mass is 16.4. The molecule has 0 saturated heterocycles. The first-order valence-corrected chi connectivity index (χ1v) is 8.05. The molecule has 5 heteroatoms. The minimum Gasteiger partial charge on any atom is -0.467 e. The van der Waals surface area contributed by atoms with Gasteiger partial charge >= 0.3 is 6.03 Å². The molecule has 2 unspecified atom stereocenters. The Morgan fingerprint density at radius 1 is 1.22 bits per heavy atom. The van der Waals surface area contributed by atoms with Gasteiger partial charge in [-0.2, -0.15) is 0 Å². The normalized spacial score (nSPS) is 17.1. The fraction of sp³-hybridized carbons (Fsp3) is 0.389. The number of carbonyl (C=O) groups is 1. The first-order chi connectivity index (χ1) is 11.2.